The summed E-state index contributed by atoms with van der Waals surface area (Å²) in [4.78, 5) is 23.2. The number of hydrogen-bond donors (Lipinski definition) is 0. The summed E-state index contributed by atoms with van der Waals surface area (Å²) in [5.41, 5.74) is 1.55. The van der Waals surface area contributed by atoms with Gasteiger partial charge in [0, 0.05) is 26.4 Å². The molecule has 3 rings (SSSR count). The minimum absolute atomic E-state index is 0.0701. The van der Waals surface area contributed by atoms with Gasteiger partial charge in [-0.05, 0) is 13.0 Å². The Morgan fingerprint density at radius 3 is 2.91 bits per heavy atom. The molecule has 1 amide bonds. The lowest BCUT2D eigenvalue weighted by molar-refractivity contribution is 0.0629. The van der Waals surface area contributed by atoms with E-state index in [1.807, 2.05) is 18.0 Å². The van der Waals surface area contributed by atoms with Crippen LogP contribution in [-0.4, -0.2) is 46.1 Å². The smallest absolute Gasteiger partial charge is 0.258 e. The third-order valence-corrected chi connectivity index (χ3v) is 4.16. The Balaban J connectivity index is 1.88. The van der Waals surface area contributed by atoms with E-state index in [-0.39, 0.29) is 11.9 Å². The second kappa shape index (κ2) is 6.37. The molecule has 0 N–H and O–H groups in total. The quantitative estimate of drug-likeness (QED) is 0.858. The van der Waals surface area contributed by atoms with Crippen LogP contribution in [0.5, 0.6) is 5.75 Å². The van der Waals surface area contributed by atoms with E-state index in [2.05, 4.69) is 14.5 Å². The van der Waals surface area contributed by atoms with Gasteiger partial charge in [-0.2, -0.15) is 0 Å². The average Bonchev–Trinajstić information content (AvgIpc) is 2.99. The molecule has 0 fully saturated rings. The van der Waals surface area contributed by atoms with Crippen LogP contribution in [0.2, 0.25) is 0 Å². The largest absolute Gasteiger partial charge is 0.494 e. The number of fused-ring (bicyclic) bond motifs is 1. The first-order valence-electron chi connectivity index (χ1n) is 7.49. The van der Waals surface area contributed by atoms with Gasteiger partial charge < -0.3 is 18.9 Å². The topological polar surface area (TPSA) is 69.5 Å². The molecule has 0 aromatic carbocycles. The van der Waals surface area contributed by atoms with Crippen molar-refractivity contribution >= 4 is 5.91 Å². The molecule has 2 aromatic rings. The van der Waals surface area contributed by atoms with Crippen molar-refractivity contribution in [3.05, 3.63) is 41.7 Å². The second-order valence-electron chi connectivity index (χ2n) is 5.44. The molecule has 7 nitrogen and oxygen atoms in total. The normalized spacial score (nSPS) is 17.0. The zero-order valence-corrected chi connectivity index (χ0v) is 13.5. The van der Waals surface area contributed by atoms with E-state index in [0.717, 1.165) is 11.5 Å². The van der Waals surface area contributed by atoms with Crippen LogP contribution in [0.25, 0.3) is 0 Å². The summed E-state index contributed by atoms with van der Waals surface area (Å²) in [6, 6.07) is 1.57. The predicted molar refractivity (Wildman–Crippen MR) is 83.2 cm³/mol. The third-order valence-electron chi connectivity index (χ3n) is 4.16. The number of carbonyl (C=O) groups is 1. The van der Waals surface area contributed by atoms with E-state index in [4.69, 9.17) is 9.47 Å². The first kappa shape index (κ1) is 15.5. The maximum Gasteiger partial charge on any atom is 0.258 e. The molecule has 0 saturated heterocycles. The summed E-state index contributed by atoms with van der Waals surface area (Å²) in [5.74, 6) is 1.29. The fourth-order valence-corrected chi connectivity index (χ4v) is 2.97. The maximum absolute atomic E-state index is 12.9. The lowest BCUT2D eigenvalue weighted by Crippen LogP contribution is -2.41. The minimum atomic E-state index is -0.111. The molecule has 2 aromatic heterocycles. The number of ether oxygens (including phenoxy) is 2. The predicted octanol–water partition coefficient (Wildman–Crippen LogP) is 1.65. The molecule has 1 aliphatic heterocycles. The second-order valence-corrected chi connectivity index (χ2v) is 5.44. The molecule has 0 saturated carbocycles. The minimum Gasteiger partial charge on any atom is -0.494 e. The molecule has 0 spiro atoms. The van der Waals surface area contributed by atoms with Crippen molar-refractivity contribution in [3.63, 3.8) is 0 Å². The van der Waals surface area contributed by atoms with E-state index in [1.165, 1.54) is 7.11 Å². The Bertz CT molecular complexity index is 713. The number of hydrogen-bond acceptors (Lipinski definition) is 5. The van der Waals surface area contributed by atoms with Gasteiger partial charge >= 0.3 is 0 Å². The number of aromatic nitrogens is 3. The van der Waals surface area contributed by atoms with Crippen LogP contribution in [0.1, 0.15) is 34.8 Å². The van der Waals surface area contributed by atoms with Crippen molar-refractivity contribution < 1.29 is 14.3 Å². The van der Waals surface area contributed by atoms with E-state index in [0.29, 0.717) is 31.0 Å². The Morgan fingerprint density at radius 1 is 1.35 bits per heavy atom. The van der Waals surface area contributed by atoms with Crippen LogP contribution in [0.4, 0.5) is 0 Å². The summed E-state index contributed by atoms with van der Waals surface area (Å²) in [7, 11) is 3.20. The summed E-state index contributed by atoms with van der Waals surface area (Å²) in [5, 5.41) is 0. The molecular weight excluding hydrogens is 296 g/mol. The standard InChI is InChI=1S/C16H20N4O3/c1-11-15-18-8-12(10-22-2)20(15)7-6-19(11)16(21)13-4-5-17-9-14(13)23-3/h4-5,8-9,11H,6-7,10H2,1-3H3. The Morgan fingerprint density at radius 2 is 2.17 bits per heavy atom. The first-order valence-corrected chi connectivity index (χ1v) is 7.49. The van der Waals surface area contributed by atoms with Gasteiger partial charge in [0.05, 0.1) is 43.4 Å². The molecule has 1 unspecified atom stereocenters. The Labute approximate surface area is 134 Å². The molecule has 7 heteroatoms. The highest BCUT2D eigenvalue weighted by molar-refractivity contribution is 5.97. The molecule has 0 bridgehead atoms. The van der Waals surface area contributed by atoms with Crippen molar-refractivity contribution in [2.45, 2.75) is 26.1 Å². The number of imidazole rings is 1. The SMILES string of the molecule is COCc1cnc2n1CCN(C(=O)c1ccncc1OC)C2C. The number of amides is 1. The highest BCUT2D eigenvalue weighted by atomic mass is 16.5. The van der Waals surface area contributed by atoms with Gasteiger partial charge in [0.2, 0.25) is 0 Å². The number of methoxy groups -OCH3 is 2. The number of carbonyl (C=O) groups excluding carboxylic acids is 1. The first-order chi connectivity index (χ1) is 11.2. The van der Waals surface area contributed by atoms with Crippen LogP contribution in [0.15, 0.2) is 24.7 Å². The van der Waals surface area contributed by atoms with E-state index < -0.39 is 0 Å². The van der Waals surface area contributed by atoms with Gasteiger partial charge in [0.15, 0.2) is 0 Å². The maximum atomic E-state index is 12.9. The van der Waals surface area contributed by atoms with Gasteiger partial charge in [-0.3, -0.25) is 9.78 Å². The molecule has 0 radical (unpaired) electrons. The fraction of sp³-hybridized carbons (Fsp3) is 0.438. The van der Waals surface area contributed by atoms with E-state index in [1.54, 1.807) is 25.6 Å². The molecule has 0 aliphatic carbocycles. The molecule has 23 heavy (non-hydrogen) atoms. The van der Waals surface area contributed by atoms with Gasteiger partial charge in [0.1, 0.15) is 11.6 Å². The average molecular weight is 316 g/mol. The van der Waals surface area contributed by atoms with Gasteiger partial charge in [-0.25, -0.2) is 4.98 Å². The van der Waals surface area contributed by atoms with Crippen molar-refractivity contribution in [3.8, 4) is 5.75 Å². The van der Waals surface area contributed by atoms with Gasteiger partial charge in [0.25, 0.3) is 5.91 Å². The van der Waals surface area contributed by atoms with E-state index >= 15 is 0 Å². The summed E-state index contributed by atoms with van der Waals surface area (Å²) < 4.78 is 12.6. The van der Waals surface area contributed by atoms with E-state index in [9.17, 15) is 4.79 Å². The Kier molecular flexibility index (Phi) is 4.29. The van der Waals surface area contributed by atoms with Crippen molar-refractivity contribution in [1.82, 2.24) is 19.4 Å². The Hall–Kier alpha value is -2.41. The van der Waals surface area contributed by atoms with Gasteiger partial charge in [-0.1, -0.05) is 0 Å². The van der Waals surface area contributed by atoms with Crippen LogP contribution in [0, 0.1) is 0 Å². The lowest BCUT2D eigenvalue weighted by atomic mass is 10.1. The molecular formula is C16H20N4O3. The third kappa shape index (κ3) is 2.68. The zero-order valence-electron chi connectivity index (χ0n) is 13.5. The summed E-state index contributed by atoms with van der Waals surface area (Å²) in [6.45, 7) is 3.83. The monoisotopic (exact) mass is 316 g/mol. The highest BCUT2D eigenvalue weighted by Gasteiger charge is 2.31. The van der Waals surface area contributed by atoms with Crippen LogP contribution >= 0.6 is 0 Å². The number of pyridine rings is 1. The fourth-order valence-electron chi connectivity index (χ4n) is 2.97. The lowest BCUT2D eigenvalue weighted by Gasteiger charge is -2.34. The molecule has 3 heterocycles. The number of rotatable bonds is 4. The van der Waals surface area contributed by atoms with Crippen LogP contribution in [-0.2, 0) is 17.9 Å². The van der Waals surface area contributed by atoms with Crippen LogP contribution < -0.4 is 4.74 Å². The number of nitrogens with zero attached hydrogens (tertiary/aromatic N) is 4. The molecule has 122 valence electrons. The van der Waals surface area contributed by atoms with Crippen molar-refractivity contribution in [1.29, 1.82) is 0 Å². The zero-order chi connectivity index (χ0) is 16.4. The summed E-state index contributed by atoms with van der Waals surface area (Å²) in [6.07, 6.45) is 4.97. The molecule has 1 atom stereocenters. The summed E-state index contributed by atoms with van der Waals surface area (Å²) >= 11 is 0. The molecule has 1 aliphatic rings. The van der Waals surface area contributed by atoms with Crippen molar-refractivity contribution in [2.75, 3.05) is 20.8 Å². The van der Waals surface area contributed by atoms with Gasteiger partial charge in [-0.15, -0.1) is 0 Å². The van der Waals surface area contributed by atoms with Crippen LogP contribution in [0.3, 0.4) is 0 Å². The van der Waals surface area contributed by atoms with Crippen molar-refractivity contribution in [2.24, 2.45) is 0 Å². The highest BCUT2D eigenvalue weighted by Crippen LogP contribution is 2.29.